The van der Waals surface area contributed by atoms with Gasteiger partial charge in [-0.05, 0) is 122 Å². The van der Waals surface area contributed by atoms with E-state index in [2.05, 4.69) is 76.0 Å². The Balaban J connectivity index is 1.54. The van der Waals surface area contributed by atoms with Gasteiger partial charge in [-0.3, -0.25) is 4.90 Å². The van der Waals surface area contributed by atoms with Crippen LogP contribution in [-0.2, 0) is 20.7 Å². The van der Waals surface area contributed by atoms with Gasteiger partial charge < -0.3 is 18.0 Å². The molecule has 0 amide bonds. The zero-order chi connectivity index (χ0) is 27.3. The number of piperidine rings is 1. The lowest BCUT2D eigenvalue weighted by molar-refractivity contribution is -0.198. The summed E-state index contributed by atoms with van der Waals surface area (Å²) >= 11 is 0. The summed E-state index contributed by atoms with van der Waals surface area (Å²) in [7, 11) is -5.47. The van der Waals surface area contributed by atoms with Crippen LogP contribution in [0.5, 0.6) is 11.5 Å². The van der Waals surface area contributed by atoms with Crippen LogP contribution >= 0.6 is 0 Å². The van der Waals surface area contributed by atoms with Gasteiger partial charge in [-0.1, -0.05) is 12.5 Å². The Morgan fingerprint density at radius 3 is 2.26 bits per heavy atom. The van der Waals surface area contributed by atoms with E-state index in [1.807, 2.05) is 0 Å². The number of rotatable bonds is 8. The zero-order valence-electron chi connectivity index (χ0n) is 25.4. The Hall–Kier alpha value is -0.649. The van der Waals surface area contributed by atoms with E-state index >= 15 is 0 Å². The third kappa shape index (κ3) is 4.40. The van der Waals surface area contributed by atoms with Crippen LogP contribution in [0.25, 0.3) is 0 Å². The average Bonchev–Trinajstić information content (AvgIpc) is 3.07. The minimum Gasteiger partial charge on any atom is -0.542 e. The number of hydrogen-bond acceptors (Lipinski definition) is 5. The van der Waals surface area contributed by atoms with Crippen LogP contribution in [0.4, 0.5) is 0 Å². The molecule has 5 aliphatic rings. The molecule has 212 valence electrons. The van der Waals surface area contributed by atoms with Gasteiger partial charge >= 0.3 is 0 Å². The lowest BCUT2D eigenvalue weighted by Crippen LogP contribution is -2.79. The summed E-state index contributed by atoms with van der Waals surface area (Å²) in [6, 6.07) is 5.00. The normalized spacial score (nSPS) is 34.9. The molecule has 3 fully saturated rings. The van der Waals surface area contributed by atoms with Crippen molar-refractivity contribution in [3.63, 3.8) is 0 Å². The Morgan fingerprint density at radius 1 is 0.921 bits per heavy atom. The van der Waals surface area contributed by atoms with E-state index in [9.17, 15) is 0 Å². The van der Waals surface area contributed by atoms with Crippen LogP contribution in [-0.4, -0.2) is 66.8 Å². The van der Waals surface area contributed by atoms with Crippen molar-refractivity contribution in [2.75, 3.05) is 13.1 Å². The highest BCUT2D eigenvalue weighted by Crippen LogP contribution is 2.67. The molecule has 2 heterocycles. The second-order valence-corrected chi connectivity index (χ2v) is 29.1. The molecule has 1 aromatic rings. The summed E-state index contributed by atoms with van der Waals surface area (Å²) in [5.74, 6) is 2.84. The standard InChI is InChI=1S/C30H51NO4Si3/c1-36(2,3)33-23-14-13-22-19-25-30(35-38(7,8)9)16-15-24(34-37(4,5)6)28-29(30,26(22)27(23)32-28)17-18-31(25)20-21-11-10-12-21/h13-14,21,24-25,28H,10-12,15-20H2,1-9H3. The second kappa shape index (κ2) is 8.92. The SMILES string of the molecule is C[Si](C)(C)Oc1ccc2c3c1OC1C(O[Si](C)(C)C)CCC4(O[Si](C)(C)C)C(C2)N(CC2CCC2)CCC314. The molecule has 3 aliphatic carbocycles. The minimum absolute atomic E-state index is 0.00638. The Bertz CT molecular complexity index is 1090. The molecule has 8 heteroatoms. The molecule has 2 aliphatic heterocycles. The maximum Gasteiger partial charge on any atom is 0.242 e. The monoisotopic (exact) mass is 573 g/mol. The maximum absolute atomic E-state index is 7.61. The Morgan fingerprint density at radius 2 is 1.66 bits per heavy atom. The van der Waals surface area contributed by atoms with Crippen LogP contribution in [0, 0.1) is 5.92 Å². The van der Waals surface area contributed by atoms with Gasteiger partial charge in [0.2, 0.25) is 8.32 Å². The van der Waals surface area contributed by atoms with Crippen LogP contribution in [0.2, 0.25) is 58.9 Å². The van der Waals surface area contributed by atoms with Crippen molar-refractivity contribution in [3.05, 3.63) is 23.3 Å². The average molecular weight is 574 g/mol. The van der Waals surface area contributed by atoms with E-state index in [4.69, 9.17) is 18.0 Å². The predicted octanol–water partition coefficient (Wildman–Crippen LogP) is 6.93. The molecule has 38 heavy (non-hydrogen) atoms. The maximum atomic E-state index is 7.61. The highest BCUT2D eigenvalue weighted by atomic mass is 28.4. The van der Waals surface area contributed by atoms with E-state index in [1.165, 1.54) is 36.9 Å². The van der Waals surface area contributed by atoms with Gasteiger partial charge in [-0.25, -0.2) is 0 Å². The first-order valence-corrected chi connectivity index (χ1v) is 25.5. The van der Waals surface area contributed by atoms with Crippen LogP contribution < -0.4 is 9.16 Å². The quantitative estimate of drug-likeness (QED) is 0.315. The molecular weight excluding hydrogens is 523 g/mol. The predicted molar refractivity (Wildman–Crippen MR) is 162 cm³/mol. The first-order chi connectivity index (χ1) is 17.6. The lowest BCUT2D eigenvalue weighted by atomic mass is 9.48. The number of ether oxygens (including phenoxy) is 1. The third-order valence-electron chi connectivity index (χ3n) is 9.59. The van der Waals surface area contributed by atoms with E-state index in [0.717, 1.165) is 49.6 Å². The zero-order valence-corrected chi connectivity index (χ0v) is 28.4. The minimum atomic E-state index is -1.88. The molecule has 6 rings (SSSR count). The number of nitrogens with zero attached hydrogens (tertiary/aromatic N) is 1. The highest BCUT2D eigenvalue weighted by molar-refractivity contribution is 6.70. The molecule has 1 saturated heterocycles. The van der Waals surface area contributed by atoms with Gasteiger partial charge in [-0.15, -0.1) is 0 Å². The molecule has 0 aromatic heterocycles. The molecule has 2 saturated carbocycles. The molecule has 5 atom stereocenters. The number of likely N-dealkylation sites (tertiary alicyclic amines) is 1. The molecule has 0 radical (unpaired) electrons. The summed E-state index contributed by atoms with van der Waals surface area (Å²) < 4.78 is 28.5. The Labute approximate surface area is 234 Å². The van der Waals surface area contributed by atoms with Crippen molar-refractivity contribution in [2.24, 2.45) is 5.92 Å². The highest BCUT2D eigenvalue weighted by Gasteiger charge is 2.74. The van der Waals surface area contributed by atoms with Crippen LogP contribution in [0.1, 0.15) is 49.7 Å². The molecular formula is C30H51NO4Si3. The van der Waals surface area contributed by atoms with Crippen molar-refractivity contribution in [3.8, 4) is 11.5 Å². The van der Waals surface area contributed by atoms with Gasteiger partial charge in [0, 0.05) is 18.2 Å². The lowest BCUT2D eigenvalue weighted by Gasteiger charge is -2.67. The van der Waals surface area contributed by atoms with E-state index in [1.54, 1.807) is 0 Å². The molecule has 5 unspecified atom stereocenters. The molecule has 1 spiro atoms. The van der Waals surface area contributed by atoms with Crippen LogP contribution in [0.15, 0.2) is 12.1 Å². The molecule has 1 aromatic carbocycles. The van der Waals surface area contributed by atoms with Gasteiger partial charge in [0.15, 0.2) is 22.4 Å². The van der Waals surface area contributed by atoms with E-state index < -0.39 is 25.0 Å². The molecule has 5 nitrogen and oxygen atoms in total. The number of hydrogen-bond donors (Lipinski definition) is 0. The molecule has 0 N–H and O–H groups in total. The summed E-state index contributed by atoms with van der Waals surface area (Å²) in [5.41, 5.74) is 2.51. The smallest absolute Gasteiger partial charge is 0.242 e. The molecule has 2 bridgehead atoms. The van der Waals surface area contributed by atoms with Gasteiger partial charge in [0.1, 0.15) is 11.9 Å². The Kier molecular flexibility index (Phi) is 6.46. The topological polar surface area (TPSA) is 40.2 Å². The van der Waals surface area contributed by atoms with E-state index in [-0.39, 0.29) is 23.2 Å². The fourth-order valence-electron chi connectivity index (χ4n) is 8.51. The summed E-state index contributed by atoms with van der Waals surface area (Å²) in [5, 5.41) is 0. The van der Waals surface area contributed by atoms with Crippen molar-refractivity contribution >= 4 is 25.0 Å². The second-order valence-electron chi connectivity index (χ2n) is 15.8. The largest absolute Gasteiger partial charge is 0.542 e. The van der Waals surface area contributed by atoms with Crippen LogP contribution in [0.3, 0.4) is 0 Å². The summed E-state index contributed by atoms with van der Waals surface area (Å²) in [6.07, 6.45) is 8.53. The fourth-order valence-corrected chi connectivity index (χ4v) is 12.0. The first kappa shape index (κ1) is 27.5. The number of benzene rings is 1. The third-order valence-corrected chi connectivity index (χ3v) is 12.4. The fraction of sp³-hybridized carbons (Fsp3) is 0.800. The van der Waals surface area contributed by atoms with Crippen molar-refractivity contribution < 1.29 is 18.0 Å². The van der Waals surface area contributed by atoms with Gasteiger partial charge in [-0.2, -0.15) is 0 Å². The van der Waals surface area contributed by atoms with E-state index in [0.29, 0.717) is 6.04 Å². The van der Waals surface area contributed by atoms with Crippen molar-refractivity contribution in [2.45, 2.75) is 133 Å². The van der Waals surface area contributed by atoms with Gasteiger partial charge in [0.25, 0.3) is 0 Å². The first-order valence-electron chi connectivity index (χ1n) is 15.3. The summed E-state index contributed by atoms with van der Waals surface area (Å²) in [6.45, 7) is 23.3. The van der Waals surface area contributed by atoms with Gasteiger partial charge in [0.05, 0.1) is 17.1 Å². The summed E-state index contributed by atoms with van der Waals surface area (Å²) in [4.78, 5) is 2.86. The van der Waals surface area contributed by atoms with Crippen molar-refractivity contribution in [1.29, 1.82) is 0 Å². The van der Waals surface area contributed by atoms with Crippen molar-refractivity contribution in [1.82, 2.24) is 4.90 Å².